The number of hydrogen-bond donors (Lipinski definition) is 3. The maximum atomic E-state index is 12.8. The average Bonchev–Trinajstić information content (AvgIpc) is 3.44. The highest BCUT2D eigenvalue weighted by Gasteiger charge is 2.42. The molecule has 0 aliphatic heterocycles. The van der Waals surface area contributed by atoms with E-state index in [-0.39, 0.29) is 17.0 Å². The van der Waals surface area contributed by atoms with Crippen molar-refractivity contribution in [3.63, 3.8) is 0 Å². The predicted molar refractivity (Wildman–Crippen MR) is 110 cm³/mol. The molecule has 2 aliphatic carbocycles. The van der Waals surface area contributed by atoms with Crippen LogP contribution in [0.2, 0.25) is 0 Å². The van der Waals surface area contributed by atoms with Crippen molar-refractivity contribution in [1.29, 1.82) is 0 Å². The standard InChI is InChI=1S/C21H27N3O4S/c1-14(20-11-15-2-3-17(20)10-15)24-29(26,27)19-6-4-18(5-7-19)23-21(25)22-12-16-8-9-28-13-16/h4-9,13-15,17,20,24H,2-3,10-12H2,1H3,(H2,22,23,25). The Balaban J connectivity index is 1.32. The normalized spacial score (nSPS) is 24.4. The zero-order valence-corrected chi connectivity index (χ0v) is 17.2. The summed E-state index contributed by atoms with van der Waals surface area (Å²) in [6.07, 6.45) is 8.00. The summed E-state index contributed by atoms with van der Waals surface area (Å²) in [5, 5.41) is 5.40. The Morgan fingerprint density at radius 2 is 1.97 bits per heavy atom. The van der Waals surface area contributed by atoms with E-state index in [9.17, 15) is 13.2 Å². The number of nitrogens with one attached hydrogen (secondary N) is 3. The molecule has 2 amide bonds. The van der Waals surface area contributed by atoms with Crippen LogP contribution >= 0.6 is 0 Å². The molecule has 29 heavy (non-hydrogen) atoms. The summed E-state index contributed by atoms with van der Waals surface area (Å²) >= 11 is 0. The van der Waals surface area contributed by atoms with Gasteiger partial charge in [0, 0.05) is 23.8 Å². The summed E-state index contributed by atoms with van der Waals surface area (Å²) in [5.74, 6) is 1.87. The van der Waals surface area contributed by atoms with Crippen LogP contribution in [0.25, 0.3) is 0 Å². The molecule has 2 aromatic rings. The van der Waals surface area contributed by atoms with Gasteiger partial charge in [0.15, 0.2) is 0 Å². The SMILES string of the molecule is CC(NS(=O)(=O)c1ccc(NC(=O)NCc2ccoc2)cc1)C1CC2CCC1C2. The molecule has 8 heteroatoms. The van der Waals surface area contributed by atoms with E-state index in [0.29, 0.717) is 24.1 Å². The minimum atomic E-state index is -3.59. The van der Waals surface area contributed by atoms with Gasteiger partial charge in [-0.1, -0.05) is 6.42 Å². The van der Waals surface area contributed by atoms with Gasteiger partial charge in [0.2, 0.25) is 10.0 Å². The first-order valence-corrected chi connectivity index (χ1v) is 11.6. The maximum absolute atomic E-state index is 12.8. The van der Waals surface area contributed by atoms with Crippen molar-refractivity contribution < 1.29 is 17.6 Å². The number of hydrogen-bond acceptors (Lipinski definition) is 4. The molecule has 1 aromatic heterocycles. The average molecular weight is 418 g/mol. The smallest absolute Gasteiger partial charge is 0.319 e. The molecule has 4 rings (SSSR count). The number of amides is 2. The highest BCUT2D eigenvalue weighted by molar-refractivity contribution is 7.89. The van der Waals surface area contributed by atoms with Crippen LogP contribution in [0.3, 0.4) is 0 Å². The van der Waals surface area contributed by atoms with E-state index >= 15 is 0 Å². The number of carbonyl (C=O) groups is 1. The summed E-state index contributed by atoms with van der Waals surface area (Å²) in [6, 6.07) is 7.54. The Morgan fingerprint density at radius 3 is 2.59 bits per heavy atom. The van der Waals surface area contributed by atoms with Crippen LogP contribution < -0.4 is 15.4 Å². The van der Waals surface area contributed by atoms with Crippen molar-refractivity contribution in [2.24, 2.45) is 17.8 Å². The second-order valence-electron chi connectivity index (χ2n) is 8.21. The number of rotatable bonds is 7. The Labute approximate surface area is 171 Å². The van der Waals surface area contributed by atoms with Crippen LogP contribution in [0.15, 0.2) is 52.2 Å². The molecule has 0 radical (unpaired) electrons. The van der Waals surface area contributed by atoms with Gasteiger partial charge >= 0.3 is 6.03 Å². The fraction of sp³-hybridized carbons (Fsp3) is 0.476. The number of carbonyl (C=O) groups excluding carboxylic acids is 1. The molecule has 2 fully saturated rings. The number of benzene rings is 1. The van der Waals surface area contributed by atoms with E-state index in [0.717, 1.165) is 17.9 Å². The lowest BCUT2D eigenvalue weighted by Crippen LogP contribution is -2.40. The fourth-order valence-corrected chi connectivity index (χ4v) is 6.07. The van der Waals surface area contributed by atoms with Crippen molar-refractivity contribution >= 4 is 21.7 Å². The Morgan fingerprint density at radius 1 is 1.17 bits per heavy atom. The Bertz CT molecular complexity index is 941. The number of furan rings is 1. The van der Waals surface area contributed by atoms with Crippen LogP contribution in [-0.4, -0.2) is 20.5 Å². The molecule has 0 saturated heterocycles. The summed E-state index contributed by atoms with van der Waals surface area (Å²) < 4.78 is 33.3. The van der Waals surface area contributed by atoms with Crippen LogP contribution in [0, 0.1) is 17.8 Å². The number of sulfonamides is 1. The van der Waals surface area contributed by atoms with Gasteiger partial charge in [0.1, 0.15) is 0 Å². The van der Waals surface area contributed by atoms with Crippen molar-refractivity contribution in [3.05, 3.63) is 48.4 Å². The van der Waals surface area contributed by atoms with Gasteiger partial charge in [0.05, 0.1) is 17.4 Å². The van der Waals surface area contributed by atoms with Gasteiger partial charge in [-0.2, -0.15) is 0 Å². The highest BCUT2D eigenvalue weighted by Crippen LogP contribution is 2.49. The maximum Gasteiger partial charge on any atom is 0.319 e. The first-order valence-electron chi connectivity index (χ1n) is 10.1. The van der Waals surface area contributed by atoms with Crippen LogP contribution in [0.4, 0.5) is 10.5 Å². The molecule has 7 nitrogen and oxygen atoms in total. The summed E-state index contributed by atoms with van der Waals surface area (Å²) in [5.41, 5.74) is 1.38. The molecule has 156 valence electrons. The van der Waals surface area contributed by atoms with E-state index in [1.165, 1.54) is 31.4 Å². The fourth-order valence-electron chi connectivity index (χ4n) is 4.77. The quantitative estimate of drug-likeness (QED) is 0.639. The zero-order valence-electron chi connectivity index (χ0n) is 16.4. The van der Waals surface area contributed by atoms with Gasteiger partial charge in [-0.3, -0.25) is 0 Å². The topological polar surface area (TPSA) is 100 Å². The van der Waals surface area contributed by atoms with Gasteiger partial charge in [-0.25, -0.2) is 17.9 Å². The Hall–Kier alpha value is -2.32. The lowest BCUT2D eigenvalue weighted by Gasteiger charge is -2.28. The molecule has 3 N–H and O–H groups in total. The first-order chi connectivity index (χ1) is 13.9. The van der Waals surface area contributed by atoms with E-state index in [2.05, 4.69) is 15.4 Å². The number of fused-ring (bicyclic) bond motifs is 2. The van der Waals surface area contributed by atoms with Gasteiger partial charge in [-0.05, 0) is 74.3 Å². The third-order valence-corrected chi connectivity index (χ3v) is 7.81. The minimum Gasteiger partial charge on any atom is -0.472 e. The van der Waals surface area contributed by atoms with Gasteiger partial charge in [0.25, 0.3) is 0 Å². The molecule has 2 saturated carbocycles. The molecule has 0 spiro atoms. The molecule has 4 unspecified atom stereocenters. The first kappa shape index (κ1) is 20.0. The van der Waals surface area contributed by atoms with E-state index < -0.39 is 10.0 Å². The molecule has 2 aliphatic rings. The van der Waals surface area contributed by atoms with Crippen LogP contribution in [-0.2, 0) is 16.6 Å². The van der Waals surface area contributed by atoms with Crippen LogP contribution in [0.1, 0.15) is 38.2 Å². The van der Waals surface area contributed by atoms with Crippen molar-refractivity contribution in [2.75, 3.05) is 5.32 Å². The third-order valence-electron chi connectivity index (χ3n) is 6.23. The molecule has 2 bridgehead atoms. The molecular formula is C21H27N3O4S. The summed E-state index contributed by atoms with van der Waals surface area (Å²) in [6.45, 7) is 2.32. The number of anilines is 1. The molecular weight excluding hydrogens is 390 g/mol. The lowest BCUT2D eigenvalue weighted by atomic mass is 9.84. The second-order valence-corrected chi connectivity index (χ2v) is 9.93. The third kappa shape index (κ3) is 4.64. The molecule has 1 heterocycles. The van der Waals surface area contributed by atoms with Crippen molar-refractivity contribution in [2.45, 2.75) is 50.1 Å². The molecule has 1 aromatic carbocycles. The predicted octanol–water partition coefficient (Wildman–Crippen LogP) is 3.70. The van der Waals surface area contributed by atoms with Crippen LogP contribution in [0.5, 0.6) is 0 Å². The molecule has 4 atom stereocenters. The van der Waals surface area contributed by atoms with E-state index in [1.54, 1.807) is 30.7 Å². The van der Waals surface area contributed by atoms with Gasteiger partial charge in [-0.15, -0.1) is 0 Å². The van der Waals surface area contributed by atoms with E-state index in [4.69, 9.17) is 4.42 Å². The zero-order chi connectivity index (χ0) is 20.4. The number of urea groups is 1. The van der Waals surface area contributed by atoms with E-state index in [1.807, 2.05) is 6.92 Å². The largest absolute Gasteiger partial charge is 0.472 e. The highest BCUT2D eigenvalue weighted by atomic mass is 32.2. The lowest BCUT2D eigenvalue weighted by molar-refractivity contribution is 0.251. The van der Waals surface area contributed by atoms with Gasteiger partial charge < -0.3 is 15.1 Å². The Kier molecular flexibility index (Phi) is 5.65. The summed E-state index contributed by atoms with van der Waals surface area (Å²) in [7, 11) is -3.59. The van der Waals surface area contributed by atoms with Crippen molar-refractivity contribution in [1.82, 2.24) is 10.0 Å². The van der Waals surface area contributed by atoms with Crippen molar-refractivity contribution in [3.8, 4) is 0 Å². The minimum absolute atomic E-state index is 0.0678. The second kappa shape index (κ2) is 8.20. The monoisotopic (exact) mass is 417 g/mol. The summed E-state index contributed by atoms with van der Waals surface area (Å²) in [4.78, 5) is 12.2.